The Hall–Kier alpha value is -2.05. The van der Waals surface area contributed by atoms with E-state index in [4.69, 9.17) is 11.6 Å². The quantitative estimate of drug-likeness (QED) is 0.614. The summed E-state index contributed by atoms with van der Waals surface area (Å²) < 4.78 is 26.3. The molecule has 29 heavy (non-hydrogen) atoms. The van der Waals surface area contributed by atoms with Crippen LogP contribution in [0.3, 0.4) is 0 Å². The predicted molar refractivity (Wildman–Crippen MR) is 120 cm³/mol. The largest absolute Gasteiger partial charge is 0.347 e. The van der Waals surface area contributed by atoms with Crippen LogP contribution in [0.25, 0.3) is 0 Å². The van der Waals surface area contributed by atoms with Gasteiger partial charge in [0.25, 0.3) is 0 Å². The summed E-state index contributed by atoms with van der Waals surface area (Å²) in [6.45, 7) is 5.99. The van der Waals surface area contributed by atoms with Gasteiger partial charge in [-0.1, -0.05) is 62.7 Å². The van der Waals surface area contributed by atoms with Crippen molar-refractivity contribution in [2.24, 2.45) is 5.92 Å². The summed E-state index contributed by atoms with van der Waals surface area (Å²) in [7, 11) is -3.68. The fourth-order valence-electron chi connectivity index (χ4n) is 3.35. The Morgan fingerprint density at radius 1 is 1.07 bits per heavy atom. The van der Waals surface area contributed by atoms with E-state index in [0.717, 1.165) is 18.2 Å². The lowest BCUT2D eigenvalue weighted by Gasteiger charge is -2.32. The first-order chi connectivity index (χ1) is 13.6. The summed E-state index contributed by atoms with van der Waals surface area (Å²) in [6.07, 6.45) is 2.21. The molecule has 0 saturated carbocycles. The average Bonchev–Trinajstić information content (AvgIpc) is 2.65. The summed E-state index contributed by atoms with van der Waals surface area (Å²) in [4.78, 5) is 13.2. The van der Waals surface area contributed by atoms with Crippen molar-refractivity contribution in [1.29, 1.82) is 0 Å². The first-order valence-corrected chi connectivity index (χ1v) is 12.0. The lowest BCUT2D eigenvalue weighted by atomic mass is 9.96. The van der Waals surface area contributed by atoms with E-state index in [1.54, 1.807) is 31.2 Å². The zero-order valence-electron chi connectivity index (χ0n) is 17.3. The fraction of sp³-hybridized carbons (Fsp3) is 0.409. The Kier molecular flexibility index (Phi) is 8.11. The molecule has 2 rings (SSSR count). The SMILES string of the molecule is CC[C@H](C(=O)N[C@H](CC(C)C)c1ccccc1)N(c1ccc(Cl)cc1)S(C)(=O)=O. The molecule has 0 heterocycles. The zero-order chi connectivity index (χ0) is 21.6. The van der Waals surface area contributed by atoms with E-state index in [1.165, 1.54) is 4.31 Å². The van der Waals surface area contributed by atoms with Crippen LogP contribution in [0, 0.1) is 5.92 Å². The van der Waals surface area contributed by atoms with Crippen molar-refractivity contribution in [2.45, 2.75) is 45.7 Å². The number of anilines is 1. The number of benzene rings is 2. The van der Waals surface area contributed by atoms with Gasteiger partial charge in [0, 0.05) is 5.02 Å². The minimum atomic E-state index is -3.68. The Labute approximate surface area is 179 Å². The standard InChI is InChI=1S/C22H29ClN2O3S/c1-5-21(25(29(4,27)28)19-13-11-18(23)12-14-19)22(26)24-20(15-16(2)3)17-9-7-6-8-10-17/h6-14,16,20-21H,5,15H2,1-4H3,(H,24,26)/t20-,21-/m1/s1. The Morgan fingerprint density at radius 3 is 2.14 bits per heavy atom. The van der Waals surface area contributed by atoms with Crippen LogP contribution in [0.15, 0.2) is 54.6 Å². The van der Waals surface area contributed by atoms with E-state index in [9.17, 15) is 13.2 Å². The highest BCUT2D eigenvalue weighted by Gasteiger charge is 2.32. The molecule has 0 spiro atoms. The van der Waals surface area contributed by atoms with Gasteiger partial charge in [-0.25, -0.2) is 8.42 Å². The van der Waals surface area contributed by atoms with Crippen LogP contribution >= 0.6 is 11.6 Å². The van der Waals surface area contributed by atoms with Gasteiger partial charge < -0.3 is 5.32 Å². The molecule has 0 aliphatic heterocycles. The van der Waals surface area contributed by atoms with Gasteiger partial charge in [0.1, 0.15) is 6.04 Å². The second kappa shape index (κ2) is 10.1. The van der Waals surface area contributed by atoms with E-state index in [2.05, 4.69) is 19.2 Å². The molecule has 0 aliphatic carbocycles. The summed E-state index contributed by atoms with van der Waals surface area (Å²) in [5.41, 5.74) is 1.42. The highest BCUT2D eigenvalue weighted by molar-refractivity contribution is 7.92. The molecular formula is C22H29ClN2O3S. The first-order valence-electron chi connectivity index (χ1n) is 9.73. The molecule has 0 radical (unpaired) electrons. The second-order valence-corrected chi connectivity index (χ2v) is 9.86. The maximum atomic E-state index is 13.2. The number of nitrogens with zero attached hydrogens (tertiary/aromatic N) is 1. The number of sulfonamides is 1. The van der Waals surface area contributed by atoms with E-state index in [-0.39, 0.29) is 11.9 Å². The highest BCUT2D eigenvalue weighted by Crippen LogP contribution is 2.26. The summed E-state index contributed by atoms with van der Waals surface area (Å²) >= 11 is 5.94. The second-order valence-electron chi connectivity index (χ2n) is 7.56. The minimum Gasteiger partial charge on any atom is -0.347 e. The van der Waals surface area contributed by atoms with Gasteiger partial charge in [0.2, 0.25) is 15.9 Å². The third kappa shape index (κ3) is 6.47. The molecule has 0 aromatic heterocycles. The van der Waals surface area contributed by atoms with Gasteiger partial charge in [0.15, 0.2) is 0 Å². The Morgan fingerprint density at radius 2 is 1.66 bits per heavy atom. The smallest absolute Gasteiger partial charge is 0.244 e. The molecule has 5 nitrogen and oxygen atoms in total. The van der Waals surface area contributed by atoms with E-state index in [0.29, 0.717) is 23.0 Å². The summed E-state index contributed by atoms with van der Waals surface area (Å²) in [5, 5.41) is 3.58. The first kappa shape index (κ1) is 23.2. The van der Waals surface area contributed by atoms with Crippen LogP contribution in [0.4, 0.5) is 5.69 Å². The van der Waals surface area contributed by atoms with Gasteiger partial charge in [-0.2, -0.15) is 0 Å². The number of carbonyl (C=O) groups is 1. The van der Waals surface area contributed by atoms with E-state index in [1.807, 2.05) is 30.3 Å². The molecule has 2 aromatic rings. The lowest BCUT2D eigenvalue weighted by Crippen LogP contribution is -2.50. The highest BCUT2D eigenvalue weighted by atomic mass is 35.5. The number of amides is 1. The molecule has 1 amide bonds. The average molecular weight is 437 g/mol. The van der Waals surface area contributed by atoms with Gasteiger partial charge in [-0.15, -0.1) is 0 Å². The van der Waals surface area contributed by atoms with Crippen molar-refractivity contribution in [3.63, 3.8) is 0 Å². The van der Waals surface area contributed by atoms with Crippen molar-refractivity contribution in [1.82, 2.24) is 5.32 Å². The summed E-state index contributed by atoms with van der Waals surface area (Å²) in [6, 6.07) is 15.2. The van der Waals surface area contributed by atoms with Crippen LogP contribution in [-0.4, -0.2) is 26.6 Å². The normalized spacial score (nSPS) is 13.7. The number of halogens is 1. The maximum absolute atomic E-state index is 13.2. The van der Waals surface area contributed by atoms with Crippen molar-refractivity contribution >= 4 is 33.2 Å². The van der Waals surface area contributed by atoms with Crippen LogP contribution < -0.4 is 9.62 Å². The lowest BCUT2D eigenvalue weighted by molar-refractivity contribution is -0.123. The fourth-order valence-corrected chi connectivity index (χ4v) is 4.69. The summed E-state index contributed by atoms with van der Waals surface area (Å²) in [5.74, 6) is 0.0465. The number of carbonyl (C=O) groups excluding carboxylic acids is 1. The molecule has 1 N–H and O–H groups in total. The monoisotopic (exact) mass is 436 g/mol. The maximum Gasteiger partial charge on any atom is 0.244 e. The van der Waals surface area contributed by atoms with Crippen LogP contribution in [0.2, 0.25) is 5.02 Å². The minimum absolute atomic E-state index is 0.190. The molecule has 7 heteroatoms. The molecule has 0 unspecified atom stereocenters. The van der Waals surface area contributed by atoms with Crippen LogP contribution in [-0.2, 0) is 14.8 Å². The third-order valence-electron chi connectivity index (χ3n) is 4.64. The predicted octanol–water partition coefficient (Wildman–Crippen LogP) is 4.79. The van der Waals surface area contributed by atoms with E-state index >= 15 is 0 Å². The van der Waals surface area contributed by atoms with Crippen molar-refractivity contribution in [3.8, 4) is 0 Å². The molecule has 0 saturated heterocycles. The number of rotatable bonds is 9. The zero-order valence-corrected chi connectivity index (χ0v) is 18.9. The van der Waals surface area contributed by atoms with E-state index < -0.39 is 16.1 Å². The van der Waals surface area contributed by atoms with Crippen molar-refractivity contribution in [3.05, 3.63) is 65.2 Å². The molecule has 0 aliphatic rings. The van der Waals surface area contributed by atoms with Gasteiger partial charge in [-0.05, 0) is 48.6 Å². The molecule has 0 bridgehead atoms. The Balaban J connectivity index is 2.35. The number of nitrogens with one attached hydrogen (secondary N) is 1. The molecule has 158 valence electrons. The molecule has 2 aromatic carbocycles. The van der Waals surface area contributed by atoms with Gasteiger partial charge in [-0.3, -0.25) is 9.10 Å². The number of hydrogen-bond acceptors (Lipinski definition) is 3. The van der Waals surface area contributed by atoms with Gasteiger partial charge >= 0.3 is 0 Å². The van der Waals surface area contributed by atoms with Crippen molar-refractivity contribution in [2.75, 3.05) is 10.6 Å². The third-order valence-corrected chi connectivity index (χ3v) is 6.07. The molecular weight excluding hydrogens is 408 g/mol. The van der Waals surface area contributed by atoms with Gasteiger partial charge in [0.05, 0.1) is 18.0 Å². The molecule has 2 atom stereocenters. The Bertz CT molecular complexity index is 899. The molecule has 0 fully saturated rings. The van der Waals surface area contributed by atoms with Crippen molar-refractivity contribution < 1.29 is 13.2 Å². The van der Waals surface area contributed by atoms with Crippen LogP contribution in [0.1, 0.15) is 45.2 Å². The number of hydrogen-bond donors (Lipinski definition) is 1. The topological polar surface area (TPSA) is 66.5 Å². The van der Waals surface area contributed by atoms with Crippen LogP contribution in [0.5, 0.6) is 0 Å².